The highest BCUT2D eigenvalue weighted by atomic mass is 14.9. The van der Waals surface area contributed by atoms with E-state index < -0.39 is 0 Å². The van der Waals surface area contributed by atoms with Crippen LogP contribution in [0.3, 0.4) is 0 Å². The molecule has 13 heavy (non-hydrogen) atoms. The fourth-order valence-corrected chi connectivity index (χ4v) is 3.10. The van der Waals surface area contributed by atoms with Gasteiger partial charge in [-0.3, -0.25) is 0 Å². The van der Waals surface area contributed by atoms with Gasteiger partial charge in [-0.05, 0) is 55.5 Å². The van der Waals surface area contributed by atoms with E-state index in [9.17, 15) is 0 Å². The van der Waals surface area contributed by atoms with Gasteiger partial charge in [0.05, 0.1) is 0 Å². The van der Waals surface area contributed by atoms with Gasteiger partial charge >= 0.3 is 0 Å². The van der Waals surface area contributed by atoms with E-state index in [2.05, 4.69) is 26.1 Å². The summed E-state index contributed by atoms with van der Waals surface area (Å²) in [4.78, 5) is 0. The van der Waals surface area contributed by atoms with Crippen molar-refractivity contribution in [2.24, 2.45) is 23.2 Å². The third-order valence-electron chi connectivity index (χ3n) is 3.99. The van der Waals surface area contributed by atoms with Crippen molar-refractivity contribution >= 4 is 0 Å². The van der Waals surface area contributed by atoms with E-state index in [1.165, 1.54) is 32.4 Å². The van der Waals surface area contributed by atoms with Crippen LogP contribution >= 0.6 is 0 Å². The lowest BCUT2D eigenvalue weighted by Gasteiger charge is -2.44. The Hall–Kier alpha value is -0.0400. The molecule has 1 heterocycles. The van der Waals surface area contributed by atoms with Gasteiger partial charge in [-0.25, -0.2) is 0 Å². The van der Waals surface area contributed by atoms with Gasteiger partial charge in [0.25, 0.3) is 0 Å². The molecule has 1 aliphatic heterocycles. The Morgan fingerprint density at radius 1 is 0.923 bits per heavy atom. The number of hydrogen-bond donors (Lipinski definition) is 1. The van der Waals surface area contributed by atoms with Gasteiger partial charge in [-0.15, -0.1) is 0 Å². The quantitative estimate of drug-likeness (QED) is 0.606. The SMILES string of the molecule is CC(C)(C)C1CC2CNCC(C2)C1. The molecule has 1 saturated heterocycles. The summed E-state index contributed by atoms with van der Waals surface area (Å²) in [5.74, 6) is 2.94. The lowest BCUT2D eigenvalue weighted by atomic mass is 9.64. The molecule has 76 valence electrons. The van der Waals surface area contributed by atoms with Crippen molar-refractivity contribution in [1.82, 2.24) is 5.32 Å². The molecule has 2 bridgehead atoms. The van der Waals surface area contributed by atoms with Crippen molar-refractivity contribution < 1.29 is 0 Å². The maximum Gasteiger partial charge on any atom is -0.00202 e. The van der Waals surface area contributed by atoms with E-state index in [0.717, 1.165) is 17.8 Å². The van der Waals surface area contributed by atoms with Crippen LogP contribution in [0.2, 0.25) is 0 Å². The molecule has 2 unspecified atom stereocenters. The third kappa shape index (κ3) is 2.07. The monoisotopic (exact) mass is 181 g/mol. The average Bonchev–Trinajstić information content (AvgIpc) is 2.01. The molecule has 0 aromatic carbocycles. The minimum Gasteiger partial charge on any atom is -0.316 e. The second kappa shape index (κ2) is 3.27. The predicted molar refractivity (Wildman–Crippen MR) is 56.6 cm³/mol. The maximum atomic E-state index is 3.56. The standard InChI is InChI=1S/C12H23N/c1-12(2,3)11-5-9-4-10(6-11)8-13-7-9/h9-11,13H,4-8H2,1-3H3. The van der Waals surface area contributed by atoms with Gasteiger partial charge in [-0.2, -0.15) is 0 Å². The highest BCUT2D eigenvalue weighted by molar-refractivity contribution is 4.89. The van der Waals surface area contributed by atoms with Gasteiger partial charge in [0, 0.05) is 0 Å². The Balaban J connectivity index is 2.01. The first-order valence-electron chi connectivity index (χ1n) is 5.76. The molecule has 1 nitrogen and oxygen atoms in total. The average molecular weight is 181 g/mol. The van der Waals surface area contributed by atoms with Crippen molar-refractivity contribution in [2.45, 2.75) is 40.0 Å². The molecule has 0 spiro atoms. The molecule has 1 aliphatic carbocycles. The zero-order valence-electron chi connectivity index (χ0n) is 9.27. The predicted octanol–water partition coefficient (Wildman–Crippen LogP) is 2.67. The zero-order chi connectivity index (χ0) is 9.47. The smallest absolute Gasteiger partial charge is 0.00202 e. The highest BCUT2D eigenvalue weighted by Crippen LogP contribution is 2.43. The lowest BCUT2D eigenvalue weighted by molar-refractivity contribution is 0.0798. The number of piperidine rings is 1. The first-order chi connectivity index (χ1) is 6.05. The van der Waals surface area contributed by atoms with Crippen LogP contribution in [0.5, 0.6) is 0 Å². The summed E-state index contributed by atoms with van der Waals surface area (Å²) in [6, 6.07) is 0. The molecule has 1 heteroatoms. The van der Waals surface area contributed by atoms with Crippen molar-refractivity contribution in [3.8, 4) is 0 Å². The molecule has 2 fully saturated rings. The van der Waals surface area contributed by atoms with Crippen LogP contribution < -0.4 is 5.32 Å². The Labute approximate surface area is 82.3 Å². The summed E-state index contributed by atoms with van der Waals surface area (Å²) in [7, 11) is 0. The van der Waals surface area contributed by atoms with Gasteiger partial charge < -0.3 is 5.32 Å². The van der Waals surface area contributed by atoms with E-state index in [0.29, 0.717) is 5.41 Å². The molecule has 0 amide bonds. The summed E-state index contributed by atoms with van der Waals surface area (Å²) in [6.07, 6.45) is 4.43. The molecular formula is C12H23N. The number of fused-ring (bicyclic) bond motifs is 2. The summed E-state index contributed by atoms with van der Waals surface area (Å²) >= 11 is 0. The Kier molecular flexibility index (Phi) is 2.39. The molecule has 1 N–H and O–H groups in total. The fraction of sp³-hybridized carbons (Fsp3) is 1.00. The van der Waals surface area contributed by atoms with E-state index in [1.807, 2.05) is 0 Å². The second-order valence-electron chi connectivity index (χ2n) is 6.16. The van der Waals surface area contributed by atoms with Crippen LogP contribution in [0, 0.1) is 23.2 Å². The Morgan fingerprint density at radius 3 is 1.92 bits per heavy atom. The molecule has 0 radical (unpaired) electrons. The van der Waals surface area contributed by atoms with E-state index in [-0.39, 0.29) is 0 Å². The Bertz CT molecular complexity index is 168. The van der Waals surface area contributed by atoms with E-state index >= 15 is 0 Å². The molecule has 2 atom stereocenters. The number of nitrogens with one attached hydrogen (secondary N) is 1. The van der Waals surface area contributed by atoms with Crippen molar-refractivity contribution in [1.29, 1.82) is 0 Å². The third-order valence-corrected chi connectivity index (χ3v) is 3.99. The van der Waals surface area contributed by atoms with Crippen LogP contribution in [0.4, 0.5) is 0 Å². The minimum atomic E-state index is 0.536. The first kappa shape index (κ1) is 9.51. The van der Waals surface area contributed by atoms with Crippen molar-refractivity contribution in [3.63, 3.8) is 0 Å². The van der Waals surface area contributed by atoms with Crippen molar-refractivity contribution in [3.05, 3.63) is 0 Å². The van der Waals surface area contributed by atoms with Crippen LogP contribution in [0.15, 0.2) is 0 Å². The molecule has 0 aromatic rings. The highest BCUT2D eigenvalue weighted by Gasteiger charge is 2.36. The van der Waals surface area contributed by atoms with E-state index in [4.69, 9.17) is 0 Å². The van der Waals surface area contributed by atoms with E-state index in [1.54, 1.807) is 0 Å². The van der Waals surface area contributed by atoms with Gasteiger partial charge in [0.1, 0.15) is 0 Å². The fourth-order valence-electron chi connectivity index (χ4n) is 3.10. The summed E-state index contributed by atoms with van der Waals surface area (Å²) in [5, 5.41) is 3.56. The Morgan fingerprint density at radius 2 is 1.46 bits per heavy atom. The lowest BCUT2D eigenvalue weighted by Crippen LogP contribution is -2.43. The molecule has 2 rings (SSSR count). The second-order valence-corrected chi connectivity index (χ2v) is 6.16. The largest absolute Gasteiger partial charge is 0.316 e. The summed E-state index contributed by atoms with van der Waals surface area (Å²) < 4.78 is 0. The van der Waals surface area contributed by atoms with Crippen LogP contribution in [-0.4, -0.2) is 13.1 Å². The number of hydrogen-bond acceptors (Lipinski definition) is 1. The summed E-state index contributed by atoms with van der Waals surface area (Å²) in [6.45, 7) is 9.79. The molecule has 0 aromatic heterocycles. The van der Waals surface area contributed by atoms with Gasteiger partial charge in [-0.1, -0.05) is 20.8 Å². The molecule has 1 saturated carbocycles. The van der Waals surface area contributed by atoms with Crippen LogP contribution in [-0.2, 0) is 0 Å². The van der Waals surface area contributed by atoms with Gasteiger partial charge in [0.15, 0.2) is 0 Å². The first-order valence-corrected chi connectivity index (χ1v) is 5.76. The summed E-state index contributed by atoms with van der Waals surface area (Å²) in [5.41, 5.74) is 0.536. The van der Waals surface area contributed by atoms with Crippen molar-refractivity contribution in [2.75, 3.05) is 13.1 Å². The zero-order valence-corrected chi connectivity index (χ0v) is 9.27. The van der Waals surface area contributed by atoms with Gasteiger partial charge in [0.2, 0.25) is 0 Å². The number of rotatable bonds is 0. The normalized spacial score (nSPS) is 40.4. The topological polar surface area (TPSA) is 12.0 Å². The molecule has 2 aliphatic rings. The minimum absolute atomic E-state index is 0.536. The maximum absolute atomic E-state index is 3.56. The van der Waals surface area contributed by atoms with Crippen LogP contribution in [0.1, 0.15) is 40.0 Å². The van der Waals surface area contributed by atoms with Crippen LogP contribution in [0.25, 0.3) is 0 Å². The molecular weight excluding hydrogens is 158 g/mol.